The molecule has 12 heavy (non-hydrogen) atoms. The standard InChI is InChI=1S/C9H7N3/c10-5-2-1-3-8-7-12-6-4-9(8)11/h4,6-7H,2H2,(H2,11,12). The summed E-state index contributed by atoms with van der Waals surface area (Å²) in [6.07, 6.45) is 3.40. The maximum atomic E-state index is 8.21. The van der Waals surface area contributed by atoms with Crippen LogP contribution in [0.1, 0.15) is 12.0 Å². The van der Waals surface area contributed by atoms with Crippen LogP contribution in [0.15, 0.2) is 18.5 Å². The van der Waals surface area contributed by atoms with E-state index in [1.54, 1.807) is 18.5 Å². The Labute approximate surface area is 70.8 Å². The number of rotatable bonds is 0. The molecule has 0 spiro atoms. The van der Waals surface area contributed by atoms with Crippen molar-refractivity contribution in [1.29, 1.82) is 5.26 Å². The second-order valence-corrected chi connectivity index (χ2v) is 2.10. The molecule has 0 bridgehead atoms. The molecular weight excluding hydrogens is 150 g/mol. The Kier molecular flexibility index (Phi) is 2.70. The van der Waals surface area contributed by atoms with Gasteiger partial charge in [0, 0.05) is 12.4 Å². The Morgan fingerprint density at radius 1 is 1.58 bits per heavy atom. The van der Waals surface area contributed by atoms with Gasteiger partial charge in [0.25, 0.3) is 0 Å². The fourth-order valence-corrected chi connectivity index (χ4v) is 0.689. The Hall–Kier alpha value is -2.00. The lowest BCUT2D eigenvalue weighted by Crippen LogP contribution is -1.89. The minimum Gasteiger partial charge on any atom is -0.398 e. The number of hydrogen-bond donors (Lipinski definition) is 1. The van der Waals surface area contributed by atoms with Crippen LogP contribution in [-0.2, 0) is 0 Å². The van der Waals surface area contributed by atoms with Crippen molar-refractivity contribution in [3.8, 4) is 17.9 Å². The summed E-state index contributed by atoms with van der Waals surface area (Å²) < 4.78 is 0. The van der Waals surface area contributed by atoms with E-state index in [9.17, 15) is 0 Å². The van der Waals surface area contributed by atoms with Gasteiger partial charge >= 0.3 is 0 Å². The van der Waals surface area contributed by atoms with Gasteiger partial charge in [-0.2, -0.15) is 5.26 Å². The van der Waals surface area contributed by atoms with Crippen molar-refractivity contribution in [3.05, 3.63) is 24.0 Å². The molecule has 0 saturated heterocycles. The highest BCUT2D eigenvalue weighted by atomic mass is 14.7. The number of nitrogen functional groups attached to an aromatic ring is 1. The molecule has 2 N–H and O–H groups in total. The molecule has 0 atom stereocenters. The monoisotopic (exact) mass is 157 g/mol. The summed E-state index contributed by atoms with van der Waals surface area (Å²) in [6.45, 7) is 0. The van der Waals surface area contributed by atoms with E-state index in [1.807, 2.05) is 6.07 Å². The summed E-state index contributed by atoms with van der Waals surface area (Å²) in [5.41, 5.74) is 6.84. The number of aromatic nitrogens is 1. The van der Waals surface area contributed by atoms with Crippen molar-refractivity contribution in [2.24, 2.45) is 0 Å². The third kappa shape index (κ3) is 2.00. The SMILES string of the molecule is N#CCC#Cc1cnccc1N. The first-order chi connectivity index (χ1) is 5.84. The molecule has 3 heteroatoms. The smallest absolute Gasteiger partial charge is 0.0966 e. The van der Waals surface area contributed by atoms with Crippen molar-refractivity contribution < 1.29 is 0 Å². The molecule has 0 aromatic carbocycles. The number of nitrogens with two attached hydrogens (primary N) is 1. The fraction of sp³-hybridized carbons (Fsp3) is 0.111. The van der Waals surface area contributed by atoms with E-state index in [-0.39, 0.29) is 6.42 Å². The van der Waals surface area contributed by atoms with Gasteiger partial charge in [0.1, 0.15) is 0 Å². The number of nitrogens with zero attached hydrogens (tertiary/aromatic N) is 2. The summed E-state index contributed by atoms with van der Waals surface area (Å²) >= 11 is 0. The summed E-state index contributed by atoms with van der Waals surface area (Å²) in [5.74, 6) is 5.41. The highest BCUT2D eigenvalue weighted by Crippen LogP contribution is 2.05. The van der Waals surface area contributed by atoms with E-state index < -0.39 is 0 Å². The first kappa shape index (κ1) is 8.10. The molecule has 1 aromatic rings. The van der Waals surface area contributed by atoms with Crippen LogP contribution in [-0.4, -0.2) is 4.98 Å². The maximum Gasteiger partial charge on any atom is 0.0966 e. The zero-order chi connectivity index (χ0) is 8.81. The molecule has 3 nitrogen and oxygen atoms in total. The van der Waals surface area contributed by atoms with Crippen LogP contribution in [0.4, 0.5) is 5.69 Å². The third-order valence-corrected chi connectivity index (χ3v) is 1.25. The molecule has 0 unspecified atom stereocenters. The molecule has 0 aliphatic heterocycles. The van der Waals surface area contributed by atoms with E-state index >= 15 is 0 Å². The van der Waals surface area contributed by atoms with Crippen molar-refractivity contribution in [3.63, 3.8) is 0 Å². The van der Waals surface area contributed by atoms with Crippen LogP contribution in [0, 0.1) is 23.2 Å². The van der Waals surface area contributed by atoms with Crippen LogP contribution < -0.4 is 5.73 Å². The van der Waals surface area contributed by atoms with Gasteiger partial charge < -0.3 is 5.73 Å². The lowest BCUT2D eigenvalue weighted by Gasteiger charge is -1.93. The molecule has 1 heterocycles. The van der Waals surface area contributed by atoms with Gasteiger partial charge in [0.15, 0.2) is 0 Å². The van der Waals surface area contributed by atoms with E-state index in [2.05, 4.69) is 16.8 Å². The number of nitriles is 1. The van der Waals surface area contributed by atoms with E-state index in [1.165, 1.54) is 0 Å². The number of anilines is 1. The summed E-state index contributed by atoms with van der Waals surface area (Å²) in [7, 11) is 0. The number of pyridine rings is 1. The van der Waals surface area contributed by atoms with Crippen molar-refractivity contribution >= 4 is 5.69 Å². The van der Waals surface area contributed by atoms with Gasteiger partial charge in [0.05, 0.1) is 23.7 Å². The largest absolute Gasteiger partial charge is 0.398 e. The fourth-order valence-electron chi connectivity index (χ4n) is 0.689. The highest BCUT2D eigenvalue weighted by Gasteiger charge is 1.90. The maximum absolute atomic E-state index is 8.21. The summed E-state index contributed by atoms with van der Waals surface area (Å²) in [4.78, 5) is 3.86. The van der Waals surface area contributed by atoms with Gasteiger partial charge in [-0.05, 0) is 6.07 Å². The van der Waals surface area contributed by atoms with Gasteiger partial charge in [0.2, 0.25) is 0 Å². The van der Waals surface area contributed by atoms with Crippen LogP contribution in [0.2, 0.25) is 0 Å². The van der Waals surface area contributed by atoms with Crippen molar-refractivity contribution in [2.75, 3.05) is 5.73 Å². The quantitative estimate of drug-likeness (QED) is 0.570. The molecule has 0 fully saturated rings. The Bertz CT molecular complexity index is 365. The molecular formula is C9H7N3. The van der Waals surface area contributed by atoms with Crippen molar-refractivity contribution in [2.45, 2.75) is 6.42 Å². The predicted molar refractivity (Wildman–Crippen MR) is 45.8 cm³/mol. The number of hydrogen-bond acceptors (Lipinski definition) is 3. The lowest BCUT2D eigenvalue weighted by molar-refractivity contribution is 1.31. The average molecular weight is 157 g/mol. The molecule has 1 rings (SSSR count). The van der Waals surface area contributed by atoms with Crippen molar-refractivity contribution in [1.82, 2.24) is 4.98 Å². The summed E-state index contributed by atoms with van der Waals surface area (Å²) in [6, 6.07) is 3.60. The normalized spacial score (nSPS) is 7.92. The molecule has 0 aliphatic rings. The van der Waals surface area contributed by atoms with Crippen LogP contribution in [0.3, 0.4) is 0 Å². The third-order valence-electron chi connectivity index (χ3n) is 1.25. The molecule has 1 aromatic heterocycles. The van der Waals surface area contributed by atoms with Gasteiger partial charge in [-0.15, -0.1) is 0 Å². The zero-order valence-electron chi connectivity index (χ0n) is 6.41. The van der Waals surface area contributed by atoms with Crippen LogP contribution >= 0.6 is 0 Å². The van der Waals surface area contributed by atoms with E-state index in [4.69, 9.17) is 11.0 Å². The van der Waals surface area contributed by atoms with E-state index in [0.717, 1.165) is 0 Å². The van der Waals surface area contributed by atoms with E-state index in [0.29, 0.717) is 11.3 Å². The van der Waals surface area contributed by atoms with Crippen LogP contribution in [0.5, 0.6) is 0 Å². The van der Waals surface area contributed by atoms with Gasteiger partial charge in [-0.25, -0.2) is 0 Å². The second-order valence-electron chi connectivity index (χ2n) is 2.10. The molecule has 0 saturated carbocycles. The Morgan fingerprint density at radius 3 is 3.08 bits per heavy atom. The zero-order valence-corrected chi connectivity index (χ0v) is 6.41. The summed E-state index contributed by atoms with van der Waals surface area (Å²) in [5, 5.41) is 8.21. The molecule has 0 amide bonds. The Balaban J connectivity index is 2.86. The van der Waals surface area contributed by atoms with Crippen LogP contribution in [0.25, 0.3) is 0 Å². The lowest BCUT2D eigenvalue weighted by atomic mass is 10.2. The average Bonchev–Trinajstić information content (AvgIpc) is 2.09. The minimum absolute atomic E-state index is 0.217. The molecule has 58 valence electrons. The minimum atomic E-state index is 0.217. The predicted octanol–water partition coefficient (Wildman–Crippen LogP) is 0.929. The van der Waals surface area contributed by atoms with Gasteiger partial charge in [-0.3, -0.25) is 4.98 Å². The first-order valence-corrected chi connectivity index (χ1v) is 3.40. The Morgan fingerprint density at radius 2 is 2.42 bits per heavy atom. The molecule has 0 aliphatic carbocycles. The molecule has 0 radical (unpaired) electrons. The first-order valence-electron chi connectivity index (χ1n) is 3.40. The van der Waals surface area contributed by atoms with Gasteiger partial charge in [-0.1, -0.05) is 11.8 Å². The second kappa shape index (κ2) is 4.00. The highest BCUT2D eigenvalue weighted by molar-refractivity contribution is 5.53. The topological polar surface area (TPSA) is 62.7 Å².